The van der Waals surface area contributed by atoms with Gasteiger partial charge in [0.25, 0.3) is 0 Å². The molecule has 1 aromatic rings. The van der Waals surface area contributed by atoms with Crippen LogP contribution in [0.25, 0.3) is 0 Å². The van der Waals surface area contributed by atoms with Crippen LogP contribution in [0.3, 0.4) is 0 Å². The molecule has 0 aliphatic rings. The number of hydrogen-bond donors (Lipinski definition) is 1. The molecule has 4 heteroatoms. The minimum absolute atomic E-state index is 0.286. The third kappa shape index (κ3) is 3.06. The Hall–Kier alpha value is -1.00. The van der Waals surface area contributed by atoms with E-state index in [4.69, 9.17) is 10.5 Å². The Balaban J connectivity index is 3.22. The number of aromatic nitrogens is 2. The van der Waals surface area contributed by atoms with E-state index in [0.717, 1.165) is 22.8 Å². The maximum Gasteiger partial charge on any atom is 0.160 e. The highest BCUT2D eigenvalue weighted by molar-refractivity contribution is 5.29. The number of nitrogens with zero attached hydrogens (tertiary/aromatic N) is 2. The first-order chi connectivity index (χ1) is 8.33. The summed E-state index contributed by atoms with van der Waals surface area (Å²) >= 11 is 0. The zero-order valence-electron chi connectivity index (χ0n) is 12.4. The van der Waals surface area contributed by atoms with Crippen LogP contribution in [0.15, 0.2) is 0 Å². The van der Waals surface area contributed by atoms with Crippen molar-refractivity contribution in [3.05, 3.63) is 22.8 Å². The Morgan fingerprint density at radius 2 is 1.72 bits per heavy atom. The van der Waals surface area contributed by atoms with Crippen molar-refractivity contribution in [1.82, 2.24) is 9.97 Å². The Labute approximate surface area is 110 Å². The summed E-state index contributed by atoms with van der Waals surface area (Å²) in [6.07, 6.45) is 0. The molecule has 2 N–H and O–H groups in total. The summed E-state index contributed by atoms with van der Waals surface area (Å²) in [5, 5.41) is 0. The van der Waals surface area contributed by atoms with Gasteiger partial charge in [-0.3, -0.25) is 0 Å². The first-order valence-corrected chi connectivity index (χ1v) is 6.53. The molecular weight excluding hydrogens is 226 g/mol. The van der Waals surface area contributed by atoms with Gasteiger partial charge in [0.15, 0.2) is 5.82 Å². The molecule has 4 nitrogen and oxygen atoms in total. The largest absolute Gasteiger partial charge is 0.368 e. The molecule has 18 heavy (non-hydrogen) atoms. The molecule has 0 saturated heterocycles. The van der Waals surface area contributed by atoms with Crippen LogP contribution in [0, 0.1) is 13.8 Å². The molecule has 0 spiro atoms. The average molecular weight is 251 g/mol. The lowest BCUT2D eigenvalue weighted by atomic mass is 9.97. The van der Waals surface area contributed by atoms with E-state index in [0.29, 0.717) is 13.2 Å². The second-order valence-corrected chi connectivity index (χ2v) is 5.21. The van der Waals surface area contributed by atoms with E-state index in [1.807, 2.05) is 34.6 Å². The Kier molecular flexibility index (Phi) is 4.82. The molecule has 1 unspecified atom stereocenters. The topological polar surface area (TPSA) is 61.0 Å². The van der Waals surface area contributed by atoms with Crippen molar-refractivity contribution in [1.29, 1.82) is 0 Å². The smallest absolute Gasteiger partial charge is 0.160 e. The van der Waals surface area contributed by atoms with Crippen LogP contribution in [-0.2, 0) is 10.3 Å². The molecule has 0 aromatic carbocycles. The Morgan fingerprint density at radius 1 is 1.22 bits per heavy atom. The lowest BCUT2D eigenvalue weighted by Crippen LogP contribution is -2.26. The molecule has 0 amide bonds. The fraction of sp³-hybridized carbons (Fsp3) is 0.714. The maximum atomic E-state index is 5.73. The molecule has 1 aromatic heterocycles. The first-order valence-electron chi connectivity index (χ1n) is 6.53. The van der Waals surface area contributed by atoms with Gasteiger partial charge >= 0.3 is 0 Å². The van der Waals surface area contributed by atoms with Gasteiger partial charge in [0.2, 0.25) is 0 Å². The third-order valence-electron chi connectivity index (χ3n) is 3.22. The van der Waals surface area contributed by atoms with Gasteiger partial charge in [0, 0.05) is 18.0 Å². The minimum Gasteiger partial charge on any atom is -0.368 e. The first kappa shape index (κ1) is 15.1. The molecule has 0 aliphatic heterocycles. The number of nitrogens with two attached hydrogens (primary N) is 1. The summed E-state index contributed by atoms with van der Waals surface area (Å²) in [7, 11) is 0. The highest BCUT2D eigenvalue weighted by atomic mass is 16.5. The molecular formula is C14H25N3O. The number of aryl methyl sites for hydroxylation is 2. The summed E-state index contributed by atoms with van der Waals surface area (Å²) in [5.41, 5.74) is 8.45. The van der Waals surface area contributed by atoms with Gasteiger partial charge in [-0.05, 0) is 52.6 Å². The van der Waals surface area contributed by atoms with Crippen LogP contribution >= 0.6 is 0 Å². The zero-order chi connectivity index (χ0) is 13.9. The van der Waals surface area contributed by atoms with Crippen molar-refractivity contribution < 1.29 is 4.74 Å². The van der Waals surface area contributed by atoms with Gasteiger partial charge in [0.05, 0.1) is 0 Å². The predicted octanol–water partition coefficient (Wildman–Crippen LogP) is 2.43. The summed E-state index contributed by atoms with van der Waals surface area (Å²) in [4.78, 5) is 9.20. The number of rotatable bonds is 5. The summed E-state index contributed by atoms with van der Waals surface area (Å²) in [6, 6.07) is 0. The van der Waals surface area contributed by atoms with Gasteiger partial charge in [-0.25, -0.2) is 9.97 Å². The normalized spacial score (nSPS) is 13.7. The maximum absolute atomic E-state index is 5.73. The molecule has 0 saturated carbocycles. The molecule has 0 fully saturated rings. The lowest BCUT2D eigenvalue weighted by molar-refractivity contribution is -0.0210. The Bertz CT molecular complexity index is 392. The van der Waals surface area contributed by atoms with Crippen LogP contribution in [0.4, 0.5) is 0 Å². The molecule has 1 rings (SSSR count). The van der Waals surface area contributed by atoms with Gasteiger partial charge in [-0.2, -0.15) is 0 Å². The highest BCUT2D eigenvalue weighted by Gasteiger charge is 2.26. The number of ether oxygens (including phenoxy) is 1. The summed E-state index contributed by atoms with van der Waals surface area (Å²) in [5.74, 6) is 1.03. The molecule has 0 aliphatic carbocycles. The fourth-order valence-electron chi connectivity index (χ4n) is 2.25. The molecule has 102 valence electrons. The Morgan fingerprint density at radius 3 is 2.11 bits per heavy atom. The van der Waals surface area contributed by atoms with E-state index in [1.54, 1.807) is 0 Å². The van der Waals surface area contributed by atoms with Crippen molar-refractivity contribution >= 4 is 0 Å². The molecule has 0 bridgehead atoms. The quantitative estimate of drug-likeness (QED) is 0.873. The SMILES string of the molecule is CCOC(C)(C)c1nc(C)c(C(C)CN)c(C)n1. The van der Waals surface area contributed by atoms with Crippen molar-refractivity contribution in [3.63, 3.8) is 0 Å². The number of hydrogen-bond acceptors (Lipinski definition) is 4. The van der Waals surface area contributed by atoms with E-state index < -0.39 is 5.60 Å². The molecule has 1 atom stereocenters. The van der Waals surface area contributed by atoms with E-state index in [1.165, 1.54) is 0 Å². The predicted molar refractivity (Wildman–Crippen MR) is 73.6 cm³/mol. The molecule has 1 heterocycles. The minimum atomic E-state index is -0.450. The van der Waals surface area contributed by atoms with Crippen molar-refractivity contribution in [2.24, 2.45) is 5.73 Å². The monoisotopic (exact) mass is 251 g/mol. The van der Waals surface area contributed by atoms with Gasteiger partial charge in [-0.15, -0.1) is 0 Å². The van der Waals surface area contributed by atoms with Crippen molar-refractivity contribution in [3.8, 4) is 0 Å². The van der Waals surface area contributed by atoms with Crippen LogP contribution < -0.4 is 5.73 Å². The van der Waals surface area contributed by atoms with Crippen LogP contribution in [-0.4, -0.2) is 23.1 Å². The molecule has 0 radical (unpaired) electrons. The fourth-order valence-corrected chi connectivity index (χ4v) is 2.25. The third-order valence-corrected chi connectivity index (χ3v) is 3.22. The average Bonchev–Trinajstić information content (AvgIpc) is 2.27. The standard InChI is InChI=1S/C14H25N3O/c1-7-18-14(5,6)13-16-10(3)12(9(2)8-15)11(4)17-13/h9H,7-8,15H2,1-6H3. The zero-order valence-corrected chi connectivity index (χ0v) is 12.4. The van der Waals surface area contributed by atoms with Gasteiger partial charge in [-0.1, -0.05) is 6.92 Å². The van der Waals surface area contributed by atoms with Crippen molar-refractivity contribution in [2.75, 3.05) is 13.2 Å². The summed E-state index contributed by atoms with van der Waals surface area (Å²) in [6.45, 7) is 13.4. The van der Waals surface area contributed by atoms with Gasteiger partial charge in [0.1, 0.15) is 5.60 Å². The highest BCUT2D eigenvalue weighted by Crippen LogP contribution is 2.26. The van der Waals surface area contributed by atoms with Crippen molar-refractivity contribution in [2.45, 2.75) is 53.1 Å². The lowest BCUT2D eigenvalue weighted by Gasteiger charge is -2.25. The van der Waals surface area contributed by atoms with E-state index >= 15 is 0 Å². The van der Waals surface area contributed by atoms with E-state index in [-0.39, 0.29) is 5.92 Å². The van der Waals surface area contributed by atoms with Crippen LogP contribution in [0.2, 0.25) is 0 Å². The van der Waals surface area contributed by atoms with E-state index in [9.17, 15) is 0 Å². The van der Waals surface area contributed by atoms with Gasteiger partial charge < -0.3 is 10.5 Å². The van der Waals surface area contributed by atoms with Crippen LogP contribution in [0.1, 0.15) is 56.4 Å². The van der Waals surface area contributed by atoms with E-state index in [2.05, 4.69) is 16.9 Å². The second kappa shape index (κ2) is 5.76. The second-order valence-electron chi connectivity index (χ2n) is 5.21. The summed E-state index contributed by atoms with van der Waals surface area (Å²) < 4.78 is 5.70. The van der Waals surface area contributed by atoms with Crippen LogP contribution in [0.5, 0.6) is 0 Å².